The topological polar surface area (TPSA) is 168 Å². The molecule has 1 aliphatic rings. The lowest BCUT2D eigenvalue weighted by molar-refractivity contribution is -0.193. The number of hydrogen-bond acceptors (Lipinski definition) is 7. The number of alkyl halides is 6. The molecule has 0 spiro atoms. The van der Waals surface area contributed by atoms with Gasteiger partial charge in [-0.25, -0.2) is 19.6 Å². The van der Waals surface area contributed by atoms with Crippen LogP contribution in [0.1, 0.15) is 28.6 Å². The molecule has 18 heteroatoms. The first-order chi connectivity index (χ1) is 16.5. The van der Waals surface area contributed by atoms with Crippen molar-refractivity contribution in [3.63, 3.8) is 0 Å². The molecule has 12 nitrogen and oxygen atoms in total. The van der Waals surface area contributed by atoms with Crippen molar-refractivity contribution < 1.29 is 50.9 Å². The van der Waals surface area contributed by atoms with E-state index in [1.807, 2.05) is 0 Å². The van der Waals surface area contributed by atoms with E-state index in [0.29, 0.717) is 30.4 Å². The molecular weight excluding hydrogens is 510 g/mol. The second-order valence-electron chi connectivity index (χ2n) is 6.83. The van der Waals surface area contributed by atoms with E-state index < -0.39 is 24.3 Å². The number of carbonyl (C=O) groups excluding carboxylic acids is 1. The normalized spacial score (nSPS) is 13.1. The van der Waals surface area contributed by atoms with Gasteiger partial charge in [0.15, 0.2) is 5.82 Å². The molecule has 1 amide bonds. The quantitative estimate of drug-likeness (QED) is 0.417. The van der Waals surface area contributed by atoms with Gasteiger partial charge in [-0.2, -0.15) is 26.3 Å². The standard InChI is InChI=1S/C14H18N6O2.2C2HF3O2/c1-19-6-4-16-13(19)14(22)17-8-10-7-12(21)20-5-2-3-15-9-11(20)18-10;2*3-2(4,5)1(6)7/h4,6-7,15H,2-3,5,8-9H2,1H3,(H,17,22);2*(H,6,7). The summed E-state index contributed by atoms with van der Waals surface area (Å²) in [4.78, 5) is 50.4. The number of aromatic nitrogens is 4. The van der Waals surface area contributed by atoms with Gasteiger partial charge in [-0.15, -0.1) is 0 Å². The maximum absolute atomic E-state index is 12.1. The van der Waals surface area contributed by atoms with Crippen LogP contribution in [0.15, 0.2) is 23.3 Å². The van der Waals surface area contributed by atoms with Gasteiger partial charge in [0.05, 0.1) is 18.8 Å². The monoisotopic (exact) mass is 530 g/mol. The predicted molar refractivity (Wildman–Crippen MR) is 107 cm³/mol. The molecule has 0 fully saturated rings. The number of halogens is 6. The molecule has 4 N–H and O–H groups in total. The highest BCUT2D eigenvalue weighted by molar-refractivity contribution is 5.90. The number of fused-ring (bicyclic) bond motifs is 1. The smallest absolute Gasteiger partial charge is 0.475 e. The first kappa shape index (κ1) is 30.1. The summed E-state index contributed by atoms with van der Waals surface area (Å²) in [7, 11) is 1.75. The summed E-state index contributed by atoms with van der Waals surface area (Å²) in [6.45, 7) is 2.31. The molecule has 0 aromatic carbocycles. The molecule has 36 heavy (non-hydrogen) atoms. The van der Waals surface area contributed by atoms with Gasteiger partial charge in [-0.1, -0.05) is 0 Å². The van der Waals surface area contributed by atoms with Crippen molar-refractivity contribution in [2.24, 2.45) is 7.05 Å². The fraction of sp³-hybridized carbons (Fsp3) is 0.444. The number of amides is 1. The van der Waals surface area contributed by atoms with Crippen LogP contribution in [-0.4, -0.2) is 66.1 Å². The highest BCUT2D eigenvalue weighted by atomic mass is 19.4. The zero-order valence-electron chi connectivity index (χ0n) is 18.4. The van der Waals surface area contributed by atoms with E-state index in [-0.39, 0.29) is 18.0 Å². The van der Waals surface area contributed by atoms with E-state index in [1.165, 1.54) is 6.07 Å². The predicted octanol–water partition coefficient (Wildman–Crippen LogP) is 0.667. The number of imidazole rings is 1. The lowest BCUT2D eigenvalue weighted by Crippen LogP contribution is -2.30. The fourth-order valence-electron chi connectivity index (χ4n) is 2.47. The highest BCUT2D eigenvalue weighted by Gasteiger charge is 2.38. The zero-order chi connectivity index (χ0) is 27.7. The van der Waals surface area contributed by atoms with E-state index >= 15 is 0 Å². The number of carbonyl (C=O) groups is 3. The molecule has 0 aliphatic carbocycles. The Morgan fingerprint density at radius 3 is 2.14 bits per heavy atom. The van der Waals surface area contributed by atoms with Gasteiger partial charge in [-0.3, -0.25) is 14.2 Å². The second-order valence-corrected chi connectivity index (χ2v) is 6.83. The Bertz CT molecular complexity index is 1100. The molecule has 3 heterocycles. The average molecular weight is 530 g/mol. The van der Waals surface area contributed by atoms with E-state index in [2.05, 4.69) is 20.6 Å². The van der Waals surface area contributed by atoms with Crippen LogP contribution in [0.25, 0.3) is 0 Å². The molecule has 2 aromatic rings. The summed E-state index contributed by atoms with van der Waals surface area (Å²) in [6, 6.07) is 1.48. The lowest BCUT2D eigenvalue weighted by Gasteiger charge is -2.10. The minimum absolute atomic E-state index is 0.0741. The number of nitrogens with zero attached hydrogens (tertiary/aromatic N) is 4. The maximum atomic E-state index is 12.1. The third kappa shape index (κ3) is 9.72. The van der Waals surface area contributed by atoms with Crippen molar-refractivity contribution in [1.29, 1.82) is 0 Å². The van der Waals surface area contributed by atoms with E-state index in [0.717, 1.165) is 13.0 Å². The largest absolute Gasteiger partial charge is 0.490 e. The summed E-state index contributed by atoms with van der Waals surface area (Å²) >= 11 is 0. The Labute approximate surface area is 197 Å². The number of aliphatic carboxylic acids is 2. The first-order valence-corrected chi connectivity index (χ1v) is 9.70. The lowest BCUT2D eigenvalue weighted by atomic mass is 10.3. The van der Waals surface area contributed by atoms with Crippen LogP contribution in [0.5, 0.6) is 0 Å². The van der Waals surface area contributed by atoms with Crippen molar-refractivity contribution in [2.75, 3.05) is 6.54 Å². The molecule has 200 valence electrons. The van der Waals surface area contributed by atoms with Crippen molar-refractivity contribution in [3.05, 3.63) is 46.2 Å². The van der Waals surface area contributed by atoms with Crippen molar-refractivity contribution >= 4 is 17.8 Å². The molecule has 3 rings (SSSR count). The first-order valence-electron chi connectivity index (χ1n) is 9.70. The van der Waals surface area contributed by atoms with E-state index in [1.54, 1.807) is 28.6 Å². The molecule has 0 saturated carbocycles. The van der Waals surface area contributed by atoms with Gasteiger partial charge < -0.3 is 25.4 Å². The van der Waals surface area contributed by atoms with Crippen LogP contribution >= 0.6 is 0 Å². The maximum Gasteiger partial charge on any atom is 0.490 e. The fourth-order valence-corrected chi connectivity index (χ4v) is 2.47. The summed E-state index contributed by atoms with van der Waals surface area (Å²) in [6.07, 6.45) is -5.99. The van der Waals surface area contributed by atoms with Crippen LogP contribution in [-0.2, 0) is 36.3 Å². The summed E-state index contributed by atoms with van der Waals surface area (Å²) < 4.78 is 66.8. The number of rotatable bonds is 3. The number of carboxylic acids is 2. The number of carboxylic acid groups (broad SMARTS) is 2. The van der Waals surface area contributed by atoms with Gasteiger partial charge in [-0.05, 0) is 13.0 Å². The number of hydrogen-bond donors (Lipinski definition) is 4. The Kier molecular flexibility index (Phi) is 10.6. The van der Waals surface area contributed by atoms with Crippen molar-refractivity contribution in [3.8, 4) is 0 Å². The van der Waals surface area contributed by atoms with E-state index in [4.69, 9.17) is 19.8 Å². The number of nitrogens with one attached hydrogen (secondary N) is 2. The highest BCUT2D eigenvalue weighted by Crippen LogP contribution is 2.13. The molecule has 0 unspecified atom stereocenters. The van der Waals surface area contributed by atoms with E-state index in [9.17, 15) is 35.9 Å². The van der Waals surface area contributed by atoms with Gasteiger partial charge in [0, 0.05) is 32.1 Å². The third-order valence-corrected chi connectivity index (χ3v) is 4.10. The minimum Gasteiger partial charge on any atom is -0.475 e. The van der Waals surface area contributed by atoms with Crippen molar-refractivity contribution in [2.45, 2.75) is 38.4 Å². The molecule has 0 saturated heterocycles. The Morgan fingerprint density at radius 2 is 1.67 bits per heavy atom. The minimum atomic E-state index is -5.08. The van der Waals surface area contributed by atoms with Crippen LogP contribution < -0.4 is 16.2 Å². The molecular formula is C18H20F6N6O6. The molecule has 2 aromatic heterocycles. The van der Waals surface area contributed by atoms with Gasteiger partial charge in [0.25, 0.3) is 11.5 Å². The molecule has 0 atom stereocenters. The Balaban J connectivity index is 0.000000383. The number of aryl methyl sites for hydroxylation is 1. The van der Waals surface area contributed by atoms with Gasteiger partial charge in [0.2, 0.25) is 0 Å². The molecule has 0 bridgehead atoms. The second kappa shape index (κ2) is 12.7. The summed E-state index contributed by atoms with van der Waals surface area (Å²) in [5.74, 6) is -4.76. The van der Waals surface area contributed by atoms with Gasteiger partial charge >= 0.3 is 24.3 Å². The zero-order valence-corrected chi connectivity index (χ0v) is 18.4. The average Bonchev–Trinajstić information content (AvgIpc) is 3.04. The van der Waals surface area contributed by atoms with Crippen molar-refractivity contribution in [1.82, 2.24) is 29.7 Å². The SMILES string of the molecule is Cn1ccnc1C(=O)NCc1cc(=O)n2c(n1)CNCCC2.O=C(O)C(F)(F)F.O=C(O)C(F)(F)F. The van der Waals surface area contributed by atoms with Crippen LogP contribution in [0.4, 0.5) is 26.3 Å². The Hall–Kier alpha value is -3.96. The van der Waals surface area contributed by atoms with Crippen LogP contribution in [0.3, 0.4) is 0 Å². The Morgan fingerprint density at radius 1 is 1.11 bits per heavy atom. The molecule has 0 radical (unpaired) electrons. The summed E-state index contributed by atoms with van der Waals surface area (Å²) in [5.41, 5.74) is 0.484. The third-order valence-electron chi connectivity index (χ3n) is 4.10. The van der Waals surface area contributed by atoms with Crippen LogP contribution in [0, 0.1) is 0 Å². The summed E-state index contributed by atoms with van der Waals surface area (Å²) in [5, 5.41) is 20.2. The van der Waals surface area contributed by atoms with Gasteiger partial charge in [0.1, 0.15) is 5.82 Å². The van der Waals surface area contributed by atoms with Crippen LogP contribution in [0.2, 0.25) is 0 Å². The molecule has 1 aliphatic heterocycles.